The highest BCUT2D eigenvalue weighted by Gasteiger charge is 2.10. The molecule has 2 rings (SSSR count). The second-order valence-electron chi connectivity index (χ2n) is 5.08. The molecule has 0 heterocycles. The van der Waals surface area contributed by atoms with E-state index in [-0.39, 0.29) is 18.4 Å². The summed E-state index contributed by atoms with van der Waals surface area (Å²) in [7, 11) is 1.58. The van der Waals surface area contributed by atoms with E-state index in [1.807, 2.05) is 30.3 Å². The van der Waals surface area contributed by atoms with E-state index in [1.165, 1.54) is 5.56 Å². The minimum Gasteiger partial charge on any atom is -0.376 e. The maximum Gasteiger partial charge on any atom is 0.253 e. The third kappa shape index (κ3) is 4.57. The lowest BCUT2D eigenvalue weighted by Crippen LogP contribution is -2.24. The maximum atomic E-state index is 12.1. The van der Waals surface area contributed by atoms with Crippen molar-refractivity contribution in [1.82, 2.24) is 5.32 Å². The van der Waals surface area contributed by atoms with Crippen molar-refractivity contribution < 1.29 is 9.59 Å². The first-order chi connectivity index (χ1) is 11.1. The van der Waals surface area contributed by atoms with Gasteiger partial charge in [0.25, 0.3) is 5.91 Å². The molecule has 0 bridgehead atoms. The van der Waals surface area contributed by atoms with Crippen LogP contribution in [0, 0.1) is 0 Å². The molecule has 5 nitrogen and oxygen atoms in total. The number of para-hydroxylation sites is 1. The Labute approximate surface area is 136 Å². The fraction of sp³-hybridized carbons (Fsp3) is 0.222. The summed E-state index contributed by atoms with van der Waals surface area (Å²) >= 11 is 0. The molecule has 2 aromatic carbocycles. The van der Waals surface area contributed by atoms with E-state index in [1.54, 1.807) is 25.2 Å². The van der Waals surface area contributed by atoms with Gasteiger partial charge in [0, 0.05) is 18.4 Å². The van der Waals surface area contributed by atoms with Crippen LogP contribution in [0.4, 0.5) is 11.4 Å². The molecule has 0 fully saturated rings. The van der Waals surface area contributed by atoms with Crippen molar-refractivity contribution in [2.75, 3.05) is 24.2 Å². The topological polar surface area (TPSA) is 70.2 Å². The Bertz CT molecular complexity index is 698. The SMILES string of the molecule is CCc1cccc(NC(=O)CNc2ccccc2C(=O)NC)c1. The molecule has 0 aromatic heterocycles. The largest absolute Gasteiger partial charge is 0.376 e. The summed E-state index contributed by atoms with van der Waals surface area (Å²) in [4.78, 5) is 23.9. The molecule has 0 radical (unpaired) electrons. The Kier molecular flexibility index (Phi) is 5.74. The number of carbonyl (C=O) groups is 2. The number of anilines is 2. The molecule has 0 spiro atoms. The van der Waals surface area contributed by atoms with E-state index in [0.29, 0.717) is 11.3 Å². The van der Waals surface area contributed by atoms with E-state index < -0.39 is 0 Å². The number of aryl methyl sites for hydroxylation is 1. The average molecular weight is 311 g/mol. The van der Waals surface area contributed by atoms with Crippen LogP contribution in [0.15, 0.2) is 48.5 Å². The zero-order valence-corrected chi connectivity index (χ0v) is 13.3. The predicted molar refractivity (Wildman–Crippen MR) is 92.8 cm³/mol. The third-order valence-electron chi connectivity index (χ3n) is 3.46. The Morgan fingerprint density at radius 3 is 2.57 bits per heavy atom. The number of carbonyl (C=O) groups excluding carboxylic acids is 2. The number of benzene rings is 2. The Balaban J connectivity index is 1.98. The van der Waals surface area contributed by atoms with Gasteiger partial charge in [-0.2, -0.15) is 0 Å². The molecule has 0 atom stereocenters. The van der Waals surface area contributed by atoms with Crippen LogP contribution in [-0.2, 0) is 11.2 Å². The highest BCUT2D eigenvalue weighted by Crippen LogP contribution is 2.15. The lowest BCUT2D eigenvalue weighted by molar-refractivity contribution is -0.114. The fourth-order valence-corrected chi connectivity index (χ4v) is 2.22. The molecule has 120 valence electrons. The summed E-state index contributed by atoms with van der Waals surface area (Å²) in [6.07, 6.45) is 0.918. The van der Waals surface area contributed by atoms with Crippen LogP contribution in [-0.4, -0.2) is 25.4 Å². The van der Waals surface area contributed by atoms with Gasteiger partial charge in [0.2, 0.25) is 5.91 Å². The summed E-state index contributed by atoms with van der Waals surface area (Å²) < 4.78 is 0. The van der Waals surface area contributed by atoms with Crippen molar-refractivity contribution in [2.24, 2.45) is 0 Å². The molecule has 3 N–H and O–H groups in total. The summed E-state index contributed by atoms with van der Waals surface area (Å²) in [5, 5.41) is 8.43. The van der Waals surface area contributed by atoms with Gasteiger partial charge < -0.3 is 16.0 Å². The van der Waals surface area contributed by atoms with Crippen molar-refractivity contribution >= 4 is 23.2 Å². The molecule has 0 aliphatic heterocycles. The van der Waals surface area contributed by atoms with Gasteiger partial charge >= 0.3 is 0 Å². The number of nitrogens with one attached hydrogen (secondary N) is 3. The standard InChI is InChI=1S/C18H21N3O2/c1-3-13-7-6-8-14(11-13)21-17(22)12-20-16-10-5-4-9-15(16)18(23)19-2/h4-11,20H,3,12H2,1-2H3,(H,19,23)(H,21,22). The second kappa shape index (κ2) is 7.98. The van der Waals surface area contributed by atoms with Gasteiger partial charge in [-0.15, -0.1) is 0 Å². The monoisotopic (exact) mass is 311 g/mol. The predicted octanol–water partition coefficient (Wildman–Crippen LogP) is 2.66. The Morgan fingerprint density at radius 2 is 1.83 bits per heavy atom. The first-order valence-corrected chi connectivity index (χ1v) is 7.57. The smallest absolute Gasteiger partial charge is 0.253 e. The quantitative estimate of drug-likeness (QED) is 0.768. The van der Waals surface area contributed by atoms with Gasteiger partial charge in [-0.3, -0.25) is 9.59 Å². The van der Waals surface area contributed by atoms with Crippen LogP contribution in [0.1, 0.15) is 22.8 Å². The molecule has 0 saturated heterocycles. The van der Waals surface area contributed by atoms with Gasteiger partial charge in [0.1, 0.15) is 0 Å². The molecule has 0 aliphatic rings. The van der Waals surface area contributed by atoms with Gasteiger partial charge in [-0.05, 0) is 36.2 Å². The van der Waals surface area contributed by atoms with Gasteiger partial charge in [-0.25, -0.2) is 0 Å². The lowest BCUT2D eigenvalue weighted by Gasteiger charge is -2.11. The van der Waals surface area contributed by atoms with Crippen LogP contribution >= 0.6 is 0 Å². The Morgan fingerprint density at radius 1 is 1.04 bits per heavy atom. The van der Waals surface area contributed by atoms with E-state index in [4.69, 9.17) is 0 Å². The third-order valence-corrected chi connectivity index (χ3v) is 3.46. The van der Waals surface area contributed by atoms with Crippen LogP contribution in [0.5, 0.6) is 0 Å². The zero-order valence-electron chi connectivity index (χ0n) is 13.3. The van der Waals surface area contributed by atoms with Gasteiger partial charge in [-0.1, -0.05) is 31.2 Å². The first-order valence-electron chi connectivity index (χ1n) is 7.57. The molecule has 2 aromatic rings. The van der Waals surface area contributed by atoms with Crippen LogP contribution in [0.25, 0.3) is 0 Å². The van der Waals surface area contributed by atoms with E-state index in [0.717, 1.165) is 12.1 Å². The summed E-state index contributed by atoms with van der Waals surface area (Å²) in [5.41, 5.74) is 3.08. The molecule has 2 amide bonds. The van der Waals surface area contributed by atoms with Crippen molar-refractivity contribution in [2.45, 2.75) is 13.3 Å². The summed E-state index contributed by atoms with van der Waals surface area (Å²) in [5.74, 6) is -0.353. The van der Waals surface area contributed by atoms with Crippen molar-refractivity contribution in [3.05, 3.63) is 59.7 Å². The number of amides is 2. The fourth-order valence-electron chi connectivity index (χ4n) is 2.22. The maximum absolute atomic E-state index is 12.1. The molecule has 0 aliphatic carbocycles. The minimum atomic E-state index is -0.191. The van der Waals surface area contributed by atoms with Crippen LogP contribution in [0.3, 0.4) is 0 Å². The summed E-state index contributed by atoms with van der Waals surface area (Å²) in [6.45, 7) is 2.16. The minimum absolute atomic E-state index is 0.0877. The van der Waals surface area contributed by atoms with E-state index >= 15 is 0 Å². The molecular formula is C18H21N3O2. The van der Waals surface area contributed by atoms with Crippen molar-refractivity contribution in [3.8, 4) is 0 Å². The van der Waals surface area contributed by atoms with Gasteiger partial charge in [0.15, 0.2) is 0 Å². The number of rotatable bonds is 6. The van der Waals surface area contributed by atoms with Crippen LogP contribution < -0.4 is 16.0 Å². The number of hydrogen-bond donors (Lipinski definition) is 3. The van der Waals surface area contributed by atoms with Crippen LogP contribution in [0.2, 0.25) is 0 Å². The normalized spacial score (nSPS) is 10.0. The highest BCUT2D eigenvalue weighted by atomic mass is 16.2. The first kappa shape index (κ1) is 16.5. The summed E-state index contributed by atoms with van der Waals surface area (Å²) in [6, 6.07) is 14.8. The molecule has 0 saturated carbocycles. The molecule has 0 unspecified atom stereocenters. The zero-order chi connectivity index (χ0) is 16.7. The molecule has 5 heteroatoms. The molecular weight excluding hydrogens is 290 g/mol. The Hall–Kier alpha value is -2.82. The van der Waals surface area contributed by atoms with E-state index in [9.17, 15) is 9.59 Å². The lowest BCUT2D eigenvalue weighted by atomic mass is 10.1. The van der Waals surface area contributed by atoms with Gasteiger partial charge in [0.05, 0.1) is 12.1 Å². The van der Waals surface area contributed by atoms with Crippen molar-refractivity contribution in [3.63, 3.8) is 0 Å². The second-order valence-corrected chi connectivity index (χ2v) is 5.08. The molecule has 23 heavy (non-hydrogen) atoms. The highest BCUT2D eigenvalue weighted by molar-refractivity contribution is 6.00. The number of hydrogen-bond acceptors (Lipinski definition) is 3. The van der Waals surface area contributed by atoms with Crippen molar-refractivity contribution in [1.29, 1.82) is 0 Å². The van der Waals surface area contributed by atoms with E-state index in [2.05, 4.69) is 22.9 Å². The average Bonchev–Trinajstić information content (AvgIpc) is 2.59.